The third-order valence-electron chi connectivity index (χ3n) is 4.75. The number of carbonyl (C=O) groups excluding carboxylic acids is 1. The summed E-state index contributed by atoms with van der Waals surface area (Å²) in [6.07, 6.45) is 2.93. The summed E-state index contributed by atoms with van der Waals surface area (Å²) in [5.74, 6) is 0.204. The molecule has 1 aliphatic carbocycles. The van der Waals surface area contributed by atoms with Gasteiger partial charge in [-0.15, -0.1) is 11.3 Å². The first-order chi connectivity index (χ1) is 12.0. The zero-order valence-corrected chi connectivity index (χ0v) is 15.0. The van der Waals surface area contributed by atoms with Gasteiger partial charge in [-0.3, -0.25) is 9.78 Å². The molecule has 4 rings (SSSR count). The third kappa shape index (κ3) is 2.90. The van der Waals surface area contributed by atoms with Crippen molar-refractivity contribution in [3.63, 3.8) is 0 Å². The van der Waals surface area contributed by atoms with Crippen molar-refractivity contribution in [1.29, 1.82) is 0 Å². The molecule has 1 amide bonds. The molecular formula is C17H17N3O3S2. The number of hydrogen-bond acceptors (Lipinski definition) is 5. The zero-order valence-electron chi connectivity index (χ0n) is 13.3. The van der Waals surface area contributed by atoms with E-state index >= 15 is 0 Å². The number of amides is 1. The van der Waals surface area contributed by atoms with Crippen molar-refractivity contribution in [3.05, 3.63) is 49.2 Å². The Morgan fingerprint density at radius 1 is 1.28 bits per heavy atom. The van der Waals surface area contributed by atoms with Gasteiger partial charge in [0.25, 0.3) is 10.0 Å². The smallest absolute Gasteiger partial charge is 0.252 e. The Bertz CT molecular complexity index is 912. The Balaban J connectivity index is 1.47. The molecule has 2 aromatic rings. The zero-order chi connectivity index (χ0) is 17.6. The highest BCUT2D eigenvalue weighted by molar-refractivity contribution is 7.91. The van der Waals surface area contributed by atoms with Crippen LogP contribution in [0.5, 0.6) is 0 Å². The Morgan fingerprint density at radius 2 is 2.04 bits per heavy atom. The van der Waals surface area contributed by atoms with Crippen LogP contribution in [0.25, 0.3) is 10.6 Å². The van der Waals surface area contributed by atoms with Gasteiger partial charge in [-0.1, -0.05) is 12.6 Å². The first-order valence-corrected chi connectivity index (χ1v) is 10.2. The van der Waals surface area contributed by atoms with Crippen LogP contribution in [0.1, 0.15) is 0 Å². The molecule has 8 heteroatoms. The number of hydrogen-bond donors (Lipinski definition) is 1. The fourth-order valence-electron chi connectivity index (χ4n) is 3.35. The molecule has 25 heavy (non-hydrogen) atoms. The van der Waals surface area contributed by atoms with Gasteiger partial charge in [0.15, 0.2) is 0 Å². The molecule has 2 fully saturated rings. The third-order valence-corrected chi connectivity index (χ3v) is 8.15. The van der Waals surface area contributed by atoms with Crippen molar-refractivity contribution < 1.29 is 13.2 Å². The summed E-state index contributed by atoms with van der Waals surface area (Å²) in [5, 5.41) is 2.86. The molecule has 1 saturated heterocycles. The molecule has 2 aromatic heterocycles. The molecule has 0 aromatic carbocycles. The summed E-state index contributed by atoms with van der Waals surface area (Å²) in [6.45, 7) is 4.34. The molecule has 3 heterocycles. The van der Waals surface area contributed by atoms with Crippen molar-refractivity contribution in [2.45, 2.75) is 10.3 Å². The molecular weight excluding hydrogens is 358 g/mol. The standard InChI is InChI=1S/C17H17N3O3S2/c1-2-15(21)19-17-11-9-20(10-12(11)17)25(22,23)16-7-6-14(24-16)13-5-3-4-8-18-13/h2-8,11-12,17H,1,9-10H2,(H,19,21). The lowest BCUT2D eigenvalue weighted by Gasteiger charge is -2.18. The van der Waals surface area contributed by atoms with E-state index in [0.29, 0.717) is 17.3 Å². The molecule has 1 saturated carbocycles. The van der Waals surface area contributed by atoms with Crippen LogP contribution in [0.2, 0.25) is 0 Å². The van der Waals surface area contributed by atoms with Crippen LogP contribution in [-0.2, 0) is 14.8 Å². The SMILES string of the molecule is C=CC(=O)NC1C2CN(S(=O)(=O)c3ccc(-c4ccccn4)s3)CC21. The summed E-state index contributed by atoms with van der Waals surface area (Å²) >= 11 is 1.24. The maximum atomic E-state index is 12.8. The summed E-state index contributed by atoms with van der Waals surface area (Å²) in [5.41, 5.74) is 0.769. The second-order valence-corrected chi connectivity index (χ2v) is 9.47. The molecule has 130 valence electrons. The lowest BCUT2D eigenvalue weighted by atomic mass is 10.3. The van der Waals surface area contributed by atoms with Gasteiger partial charge in [0.1, 0.15) is 4.21 Å². The summed E-state index contributed by atoms with van der Waals surface area (Å²) in [7, 11) is -3.49. The number of aromatic nitrogens is 1. The van der Waals surface area contributed by atoms with Crippen LogP contribution >= 0.6 is 11.3 Å². The lowest BCUT2D eigenvalue weighted by molar-refractivity contribution is -0.116. The molecule has 2 unspecified atom stereocenters. The van der Waals surface area contributed by atoms with E-state index < -0.39 is 10.0 Å². The van der Waals surface area contributed by atoms with Gasteiger partial charge < -0.3 is 5.32 Å². The van der Waals surface area contributed by atoms with E-state index in [2.05, 4.69) is 16.9 Å². The van der Waals surface area contributed by atoms with E-state index in [1.807, 2.05) is 18.2 Å². The van der Waals surface area contributed by atoms with Crippen molar-refractivity contribution in [3.8, 4) is 10.6 Å². The van der Waals surface area contributed by atoms with Gasteiger partial charge in [-0.25, -0.2) is 8.42 Å². The fraction of sp³-hybridized carbons (Fsp3) is 0.294. The number of fused-ring (bicyclic) bond motifs is 1. The van der Waals surface area contributed by atoms with Gasteiger partial charge in [-0.05, 0) is 42.2 Å². The van der Waals surface area contributed by atoms with Gasteiger partial charge in [0.05, 0.1) is 10.6 Å². The maximum absolute atomic E-state index is 12.8. The van der Waals surface area contributed by atoms with Gasteiger partial charge in [0.2, 0.25) is 5.91 Å². The Morgan fingerprint density at radius 3 is 2.68 bits per heavy atom. The van der Waals surface area contributed by atoms with Gasteiger partial charge >= 0.3 is 0 Å². The van der Waals surface area contributed by atoms with Gasteiger partial charge in [0, 0.05) is 25.3 Å². The minimum absolute atomic E-state index is 0.0735. The van der Waals surface area contributed by atoms with E-state index in [9.17, 15) is 13.2 Å². The average Bonchev–Trinajstić information content (AvgIpc) is 3.07. The normalized spacial score (nSPS) is 25.4. The number of piperidine rings is 1. The Hall–Kier alpha value is -2.03. The van der Waals surface area contributed by atoms with E-state index in [1.165, 1.54) is 21.7 Å². The largest absolute Gasteiger partial charge is 0.349 e. The molecule has 2 aliphatic rings. The number of thiophene rings is 1. The van der Waals surface area contributed by atoms with Crippen LogP contribution in [0.15, 0.2) is 53.4 Å². The molecule has 0 radical (unpaired) electrons. The number of carbonyl (C=O) groups is 1. The van der Waals surface area contributed by atoms with Crippen molar-refractivity contribution >= 4 is 27.3 Å². The first kappa shape index (κ1) is 16.4. The van der Waals surface area contributed by atoms with Crippen LogP contribution in [0, 0.1) is 11.8 Å². The van der Waals surface area contributed by atoms with Gasteiger partial charge in [-0.2, -0.15) is 4.31 Å². The quantitative estimate of drug-likeness (QED) is 0.807. The van der Waals surface area contributed by atoms with Crippen molar-refractivity contribution in [2.75, 3.05) is 13.1 Å². The number of rotatable bonds is 5. The van der Waals surface area contributed by atoms with Crippen LogP contribution in [-0.4, -0.2) is 42.7 Å². The van der Waals surface area contributed by atoms with E-state index in [4.69, 9.17) is 0 Å². The molecule has 1 N–H and O–H groups in total. The van der Waals surface area contributed by atoms with Crippen LogP contribution in [0.3, 0.4) is 0 Å². The highest BCUT2D eigenvalue weighted by atomic mass is 32.2. The Labute approximate surface area is 150 Å². The number of sulfonamides is 1. The maximum Gasteiger partial charge on any atom is 0.252 e. The monoisotopic (exact) mass is 375 g/mol. The summed E-state index contributed by atoms with van der Waals surface area (Å²) < 4.78 is 27.5. The molecule has 0 bridgehead atoms. The highest BCUT2D eigenvalue weighted by Crippen LogP contribution is 2.47. The first-order valence-electron chi connectivity index (χ1n) is 7.95. The minimum atomic E-state index is -3.49. The van der Waals surface area contributed by atoms with E-state index in [1.54, 1.807) is 18.3 Å². The number of nitrogens with zero attached hydrogens (tertiary/aromatic N) is 2. The minimum Gasteiger partial charge on any atom is -0.349 e. The summed E-state index contributed by atoms with van der Waals surface area (Å²) in [4.78, 5) is 16.5. The summed E-state index contributed by atoms with van der Waals surface area (Å²) in [6, 6.07) is 9.08. The average molecular weight is 375 g/mol. The molecule has 6 nitrogen and oxygen atoms in total. The fourth-order valence-corrected chi connectivity index (χ4v) is 6.31. The van der Waals surface area contributed by atoms with Crippen molar-refractivity contribution in [2.24, 2.45) is 11.8 Å². The lowest BCUT2D eigenvalue weighted by Crippen LogP contribution is -2.36. The predicted octanol–water partition coefficient (Wildman–Crippen LogP) is 1.73. The van der Waals surface area contributed by atoms with E-state index in [-0.39, 0.29) is 23.8 Å². The molecule has 0 spiro atoms. The van der Waals surface area contributed by atoms with Crippen LogP contribution in [0.4, 0.5) is 0 Å². The van der Waals surface area contributed by atoms with Crippen molar-refractivity contribution in [1.82, 2.24) is 14.6 Å². The Kier molecular flexibility index (Phi) is 3.98. The molecule has 1 aliphatic heterocycles. The second kappa shape index (κ2) is 6.05. The number of nitrogens with one attached hydrogen (secondary N) is 1. The second-order valence-electron chi connectivity index (χ2n) is 6.22. The van der Waals surface area contributed by atoms with E-state index in [0.717, 1.165) is 10.6 Å². The number of pyridine rings is 1. The topological polar surface area (TPSA) is 79.4 Å². The highest BCUT2D eigenvalue weighted by Gasteiger charge is 2.58. The van der Waals surface area contributed by atoms with Crippen LogP contribution < -0.4 is 5.32 Å². The predicted molar refractivity (Wildman–Crippen MR) is 95.4 cm³/mol. The molecule has 2 atom stereocenters.